The Hall–Kier alpha value is -3.86. The van der Waals surface area contributed by atoms with E-state index >= 15 is 0 Å². The van der Waals surface area contributed by atoms with E-state index in [4.69, 9.17) is 4.74 Å². The fourth-order valence-electron chi connectivity index (χ4n) is 3.92. The molecule has 0 fully saturated rings. The molecule has 0 unspecified atom stereocenters. The van der Waals surface area contributed by atoms with Gasteiger partial charge in [0.05, 0.1) is 17.9 Å². The number of nitrogens with one attached hydrogen (secondary N) is 1. The molecule has 0 bridgehead atoms. The van der Waals surface area contributed by atoms with E-state index in [1.807, 2.05) is 94.4 Å². The number of amides is 2. The molecule has 2 amide bonds. The number of anilines is 2. The van der Waals surface area contributed by atoms with Crippen molar-refractivity contribution in [2.45, 2.75) is 34.1 Å². The monoisotopic (exact) mass is 440 g/mol. The number of aryl methyl sites for hydroxylation is 2. The molecule has 168 valence electrons. The Kier molecular flexibility index (Phi) is 6.31. The second kappa shape index (κ2) is 9.33. The molecule has 33 heavy (non-hydrogen) atoms. The van der Waals surface area contributed by atoms with E-state index in [1.54, 1.807) is 0 Å². The lowest BCUT2D eigenvalue weighted by atomic mass is 10.0. The van der Waals surface area contributed by atoms with Crippen molar-refractivity contribution in [3.05, 3.63) is 94.7 Å². The summed E-state index contributed by atoms with van der Waals surface area (Å²) in [5.74, 6) is 0.0279. The van der Waals surface area contributed by atoms with Crippen LogP contribution < -0.4 is 15.0 Å². The highest BCUT2D eigenvalue weighted by Crippen LogP contribution is 2.36. The molecule has 0 radical (unpaired) electrons. The van der Waals surface area contributed by atoms with Crippen LogP contribution in [0, 0.1) is 20.8 Å². The molecule has 0 aliphatic carbocycles. The number of hydrogen-bond donors (Lipinski definition) is 1. The van der Waals surface area contributed by atoms with Crippen LogP contribution in [0.4, 0.5) is 11.4 Å². The van der Waals surface area contributed by atoms with Gasteiger partial charge in [0.25, 0.3) is 11.8 Å². The first kappa shape index (κ1) is 22.3. The summed E-state index contributed by atoms with van der Waals surface area (Å²) in [4.78, 5) is 28.6. The third-order valence-electron chi connectivity index (χ3n) is 5.80. The van der Waals surface area contributed by atoms with Crippen LogP contribution in [0.5, 0.6) is 5.75 Å². The van der Waals surface area contributed by atoms with Gasteiger partial charge >= 0.3 is 0 Å². The minimum Gasteiger partial charge on any atom is -0.494 e. The summed E-state index contributed by atoms with van der Waals surface area (Å²) < 4.78 is 5.68. The minimum absolute atomic E-state index is 0.272. The average Bonchev–Trinajstić information content (AvgIpc) is 3.04. The molecule has 1 N–H and O–H groups in total. The molecular weight excluding hydrogens is 412 g/mol. The zero-order valence-electron chi connectivity index (χ0n) is 19.4. The number of rotatable bonds is 7. The smallest absolute Gasteiger partial charge is 0.282 e. The van der Waals surface area contributed by atoms with E-state index in [-0.39, 0.29) is 17.5 Å². The van der Waals surface area contributed by atoms with Gasteiger partial charge in [0.2, 0.25) is 0 Å². The third-order valence-corrected chi connectivity index (χ3v) is 5.80. The van der Waals surface area contributed by atoms with Crippen LogP contribution >= 0.6 is 0 Å². The Labute approximate surface area is 194 Å². The summed E-state index contributed by atoms with van der Waals surface area (Å²) in [5, 5.41) is 3.23. The second-order valence-corrected chi connectivity index (χ2v) is 8.28. The molecule has 0 spiro atoms. The van der Waals surface area contributed by atoms with Crippen LogP contribution in [0.15, 0.2) is 72.4 Å². The molecule has 0 saturated carbocycles. The maximum Gasteiger partial charge on any atom is 0.282 e. The van der Waals surface area contributed by atoms with Gasteiger partial charge < -0.3 is 10.1 Å². The average molecular weight is 441 g/mol. The van der Waals surface area contributed by atoms with Gasteiger partial charge in [-0.1, -0.05) is 43.3 Å². The second-order valence-electron chi connectivity index (χ2n) is 8.28. The molecule has 3 aromatic carbocycles. The standard InChI is InChI=1S/C28H28N2O3/c1-5-16-33-23-14-12-21(13-15-23)25-26(29-22-10-6-8-18(2)17-22)28(32)30(27(25)31)24-11-7-9-19(3)20(24)4/h6-15,17,29H,5,16H2,1-4H3. The van der Waals surface area contributed by atoms with Crippen LogP contribution in [0.2, 0.25) is 0 Å². The van der Waals surface area contributed by atoms with Crippen molar-refractivity contribution in [1.82, 2.24) is 0 Å². The van der Waals surface area contributed by atoms with Crippen LogP contribution in [-0.4, -0.2) is 18.4 Å². The Bertz CT molecular complexity index is 1240. The number of benzene rings is 3. The van der Waals surface area contributed by atoms with Gasteiger partial charge in [-0.05, 0) is 79.8 Å². The third kappa shape index (κ3) is 4.40. The van der Waals surface area contributed by atoms with Crippen molar-refractivity contribution in [3.8, 4) is 5.75 Å². The van der Waals surface area contributed by atoms with E-state index < -0.39 is 0 Å². The Morgan fingerprint density at radius 3 is 2.30 bits per heavy atom. The van der Waals surface area contributed by atoms with Crippen LogP contribution in [0.3, 0.4) is 0 Å². The fraction of sp³-hybridized carbons (Fsp3) is 0.214. The number of imide groups is 1. The van der Waals surface area contributed by atoms with Gasteiger partial charge in [0, 0.05) is 5.69 Å². The van der Waals surface area contributed by atoms with Crippen molar-refractivity contribution in [1.29, 1.82) is 0 Å². The summed E-state index contributed by atoms with van der Waals surface area (Å²) in [7, 11) is 0. The normalized spacial score (nSPS) is 13.6. The molecule has 0 saturated heterocycles. The predicted octanol–water partition coefficient (Wildman–Crippen LogP) is 5.80. The summed E-state index contributed by atoms with van der Waals surface area (Å²) >= 11 is 0. The number of carbonyl (C=O) groups excluding carboxylic acids is 2. The van der Waals surface area contributed by atoms with Gasteiger partial charge in [-0.2, -0.15) is 0 Å². The van der Waals surface area contributed by atoms with Gasteiger partial charge in [-0.3, -0.25) is 9.59 Å². The molecule has 3 aromatic rings. The summed E-state index contributed by atoms with van der Waals surface area (Å²) in [6.45, 7) is 8.56. The molecule has 1 heterocycles. The zero-order chi connectivity index (χ0) is 23.5. The first-order valence-electron chi connectivity index (χ1n) is 11.2. The highest BCUT2D eigenvalue weighted by atomic mass is 16.5. The van der Waals surface area contributed by atoms with Crippen molar-refractivity contribution in [3.63, 3.8) is 0 Å². The highest BCUT2D eigenvalue weighted by Gasteiger charge is 2.41. The van der Waals surface area contributed by atoms with Gasteiger partial charge in [-0.15, -0.1) is 0 Å². The topological polar surface area (TPSA) is 58.6 Å². The summed E-state index contributed by atoms with van der Waals surface area (Å²) in [5.41, 5.74) is 5.63. The fourth-order valence-corrected chi connectivity index (χ4v) is 3.92. The molecule has 5 heteroatoms. The molecule has 4 rings (SSSR count). The van der Waals surface area contributed by atoms with Crippen molar-refractivity contribution >= 4 is 28.8 Å². The largest absolute Gasteiger partial charge is 0.494 e. The molecular formula is C28H28N2O3. The number of ether oxygens (including phenoxy) is 1. The first-order chi connectivity index (χ1) is 15.9. The SMILES string of the molecule is CCCOc1ccc(C2=C(Nc3cccc(C)c3)C(=O)N(c3cccc(C)c3C)C2=O)cc1. The van der Waals surface area contributed by atoms with E-state index in [2.05, 4.69) is 5.32 Å². The van der Waals surface area contributed by atoms with E-state index in [0.717, 1.165) is 34.5 Å². The van der Waals surface area contributed by atoms with Crippen LogP contribution in [-0.2, 0) is 9.59 Å². The van der Waals surface area contributed by atoms with E-state index in [9.17, 15) is 9.59 Å². The number of carbonyl (C=O) groups is 2. The van der Waals surface area contributed by atoms with Crippen LogP contribution in [0.25, 0.3) is 5.57 Å². The maximum atomic E-state index is 13.7. The van der Waals surface area contributed by atoms with Crippen molar-refractivity contribution in [2.24, 2.45) is 0 Å². The minimum atomic E-state index is -0.364. The quantitative estimate of drug-likeness (QED) is 0.472. The molecule has 0 aromatic heterocycles. The lowest BCUT2D eigenvalue weighted by Crippen LogP contribution is -2.33. The number of hydrogen-bond acceptors (Lipinski definition) is 4. The van der Waals surface area contributed by atoms with Gasteiger partial charge in [0.1, 0.15) is 11.4 Å². The zero-order valence-corrected chi connectivity index (χ0v) is 19.4. The summed E-state index contributed by atoms with van der Waals surface area (Å²) in [6, 6.07) is 20.7. The Morgan fingerprint density at radius 2 is 1.61 bits per heavy atom. The lowest BCUT2D eigenvalue weighted by molar-refractivity contribution is -0.120. The van der Waals surface area contributed by atoms with E-state index in [1.165, 1.54) is 4.90 Å². The van der Waals surface area contributed by atoms with Crippen molar-refractivity contribution in [2.75, 3.05) is 16.8 Å². The molecule has 0 atom stereocenters. The van der Waals surface area contributed by atoms with Gasteiger partial charge in [0.15, 0.2) is 0 Å². The Balaban J connectivity index is 1.79. The van der Waals surface area contributed by atoms with E-state index in [0.29, 0.717) is 23.4 Å². The van der Waals surface area contributed by atoms with Gasteiger partial charge in [-0.25, -0.2) is 4.90 Å². The maximum absolute atomic E-state index is 13.7. The predicted molar refractivity (Wildman–Crippen MR) is 132 cm³/mol. The first-order valence-corrected chi connectivity index (χ1v) is 11.2. The van der Waals surface area contributed by atoms with Crippen LogP contribution in [0.1, 0.15) is 35.6 Å². The summed E-state index contributed by atoms with van der Waals surface area (Å²) in [6.07, 6.45) is 0.912. The lowest BCUT2D eigenvalue weighted by Gasteiger charge is -2.19. The Morgan fingerprint density at radius 1 is 0.879 bits per heavy atom. The molecule has 5 nitrogen and oxygen atoms in total. The number of nitrogens with zero attached hydrogens (tertiary/aromatic N) is 1. The molecule has 1 aliphatic heterocycles. The highest BCUT2D eigenvalue weighted by molar-refractivity contribution is 6.46. The van der Waals surface area contributed by atoms with Crippen molar-refractivity contribution < 1.29 is 14.3 Å². The molecule has 1 aliphatic rings.